The molecule has 0 aliphatic carbocycles. The Balaban J connectivity index is 1.87. The van der Waals surface area contributed by atoms with Gasteiger partial charge in [-0.2, -0.15) is 4.98 Å². The van der Waals surface area contributed by atoms with Gasteiger partial charge >= 0.3 is 0 Å². The van der Waals surface area contributed by atoms with Crippen LogP contribution in [0.2, 0.25) is 0 Å². The summed E-state index contributed by atoms with van der Waals surface area (Å²) in [6.07, 6.45) is 3.36. The molecule has 0 amide bonds. The summed E-state index contributed by atoms with van der Waals surface area (Å²) in [6, 6.07) is 1.73. The predicted octanol–water partition coefficient (Wildman–Crippen LogP) is 0.799. The molecule has 0 bridgehead atoms. The van der Waals surface area contributed by atoms with Crippen molar-refractivity contribution in [3.63, 3.8) is 0 Å². The van der Waals surface area contributed by atoms with Gasteiger partial charge in [0, 0.05) is 19.0 Å². The van der Waals surface area contributed by atoms with Gasteiger partial charge in [0.1, 0.15) is 18.2 Å². The molecule has 0 unspecified atom stereocenters. The highest BCUT2D eigenvalue weighted by molar-refractivity contribution is 5.36. The predicted molar refractivity (Wildman–Crippen MR) is 70.4 cm³/mol. The molecule has 1 aliphatic heterocycles. The SMILES string of the molecule is CCc1nc(NN)cc(OCCN2CCCC2)n1. The summed E-state index contributed by atoms with van der Waals surface area (Å²) in [5.74, 6) is 7.29. The summed E-state index contributed by atoms with van der Waals surface area (Å²) in [4.78, 5) is 10.9. The van der Waals surface area contributed by atoms with E-state index in [1.54, 1.807) is 6.07 Å². The molecule has 0 saturated carbocycles. The van der Waals surface area contributed by atoms with Crippen molar-refractivity contribution in [1.29, 1.82) is 0 Å². The first-order valence-electron chi connectivity index (χ1n) is 6.51. The molecule has 1 aromatic heterocycles. The minimum atomic E-state index is 0.592. The highest BCUT2D eigenvalue weighted by Gasteiger charge is 2.11. The van der Waals surface area contributed by atoms with Crippen molar-refractivity contribution < 1.29 is 4.74 Å². The fourth-order valence-electron chi connectivity index (χ4n) is 2.06. The van der Waals surface area contributed by atoms with E-state index in [2.05, 4.69) is 20.3 Å². The minimum Gasteiger partial charge on any atom is -0.476 e. The first kappa shape index (κ1) is 13.0. The fourth-order valence-corrected chi connectivity index (χ4v) is 2.06. The zero-order valence-corrected chi connectivity index (χ0v) is 10.9. The Kier molecular flexibility index (Phi) is 4.72. The third-order valence-electron chi connectivity index (χ3n) is 3.07. The third-order valence-corrected chi connectivity index (χ3v) is 3.07. The van der Waals surface area contributed by atoms with Gasteiger partial charge in [-0.1, -0.05) is 6.92 Å². The molecule has 2 rings (SSSR count). The molecule has 6 heteroatoms. The summed E-state index contributed by atoms with van der Waals surface area (Å²) in [7, 11) is 0. The van der Waals surface area contributed by atoms with Gasteiger partial charge in [-0.05, 0) is 25.9 Å². The quantitative estimate of drug-likeness (QED) is 0.575. The smallest absolute Gasteiger partial charge is 0.218 e. The first-order chi connectivity index (χ1) is 8.81. The van der Waals surface area contributed by atoms with Crippen LogP contribution in [0.1, 0.15) is 25.6 Å². The van der Waals surface area contributed by atoms with Crippen molar-refractivity contribution in [2.75, 3.05) is 31.7 Å². The van der Waals surface area contributed by atoms with E-state index in [9.17, 15) is 0 Å². The van der Waals surface area contributed by atoms with Crippen LogP contribution >= 0.6 is 0 Å². The average Bonchev–Trinajstić information content (AvgIpc) is 2.91. The number of ether oxygens (including phenoxy) is 1. The molecular formula is C12H21N5O. The topological polar surface area (TPSA) is 76.3 Å². The van der Waals surface area contributed by atoms with E-state index in [-0.39, 0.29) is 0 Å². The van der Waals surface area contributed by atoms with Crippen LogP contribution in [0, 0.1) is 0 Å². The number of hydrogen-bond donors (Lipinski definition) is 2. The lowest BCUT2D eigenvalue weighted by Gasteiger charge is -2.15. The van der Waals surface area contributed by atoms with Crippen LogP contribution in [0.5, 0.6) is 5.88 Å². The maximum Gasteiger partial charge on any atom is 0.218 e. The molecule has 1 aliphatic rings. The number of nitrogens with zero attached hydrogens (tertiary/aromatic N) is 3. The number of anilines is 1. The molecule has 1 fully saturated rings. The molecular weight excluding hydrogens is 230 g/mol. The second kappa shape index (κ2) is 6.51. The number of aryl methyl sites for hydroxylation is 1. The van der Waals surface area contributed by atoms with Gasteiger partial charge in [0.25, 0.3) is 0 Å². The van der Waals surface area contributed by atoms with Crippen LogP contribution in [0.15, 0.2) is 6.07 Å². The van der Waals surface area contributed by atoms with E-state index in [0.717, 1.165) is 18.8 Å². The number of nitrogen functional groups attached to an aromatic ring is 1. The van der Waals surface area contributed by atoms with E-state index in [0.29, 0.717) is 18.3 Å². The van der Waals surface area contributed by atoms with Crippen molar-refractivity contribution in [1.82, 2.24) is 14.9 Å². The Morgan fingerprint density at radius 3 is 2.83 bits per heavy atom. The van der Waals surface area contributed by atoms with Crippen LogP contribution in [-0.2, 0) is 6.42 Å². The molecule has 1 saturated heterocycles. The van der Waals surface area contributed by atoms with E-state index in [1.807, 2.05) is 6.92 Å². The van der Waals surface area contributed by atoms with Gasteiger partial charge < -0.3 is 10.2 Å². The Hall–Kier alpha value is -1.40. The Bertz CT molecular complexity index is 356. The molecule has 6 nitrogen and oxygen atoms in total. The Morgan fingerprint density at radius 2 is 2.17 bits per heavy atom. The maximum atomic E-state index is 5.66. The molecule has 1 aromatic rings. The highest BCUT2D eigenvalue weighted by atomic mass is 16.5. The highest BCUT2D eigenvalue weighted by Crippen LogP contribution is 2.13. The largest absolute Gasteiger partial charge is 0.476 e. The van der Waals surface area contributed by atoms with Crippen molar-refractivity contribution in [3.05, 3.63) is 11.9 Å². The molecule has 2 heterocycles. The molecule has 0 radical (unpaired) electrons. The zero-order valence-electron chi connectivity index (χ0n) is 10.9. The van der Waals surface area contributed by atoms with Crippen LogP contribution in [0.3, 0.4) is 0 Å². The van der Waals surface area contributed by atoms with Crippen molar-refractivity contribution in [2.24, 2.45) is 5.84 Å². The first-order valence-corrected chi connectivity index (χ1v) is 6.51. The zero-order chi connectivity index (χ0) is 12.8. The van der Waals surface area contributed by atoms with Gasteiger partial charge in [0.05, 0.1) is 0 Å². The van der Waals surface area contributed by atoms with Crippen LogP contribution in [0.4, 0.5) is 5.82 Å². The summed E-state index contributed by atoms with van der Waals surface area (Å²) in [5, 5.41) is 0. The maximum absolute atomic E-state index is 5.66. The standard InChI is InChI=1S/C12H21N5O/c1-2-10-14-11(16-13)9-12(15-10)18-8-7-17-5-3-4-6-17/h9H,2-8,13H2,1H3,(H,14,15,16). The van der Waals surface area contributed by atoms with E-state index in [1.165, 1.54) is 25.9 Å². The van der Waals surface area contributed by atoms with Gasteiger partial charge in [-0.25, -0.2) is 10.8 Å². The summed E-state index contributed by atoms with van der Waals surface area (Å²) >= 11 is 0. The number of likely N-dealkylation sites (tertiary alicyclic amines) is 1. The van der Waals surface area contributed by atoms with Gasteiger partial charge in [-0.15, -0.1) is 0 Å². The number of rotatable bonds is 6. The number of hydrazine groups is 1. The molecule has 18 heavy (non-hydrogen) atoms. The number of nitrogens with one attached hydrogen (secondary N) is 1. The van der Waals surface area contributed by atoms with E-state index >= 15 is 0 Å². The van der Waals surface area contributed by atoms with Crippen molar-refractivity contribution >= 4 is 5.82 Å². The van der Waals surface area contributed by atoms with Crippen molar-refractivity contribution in [3.8, 4) is 5.88 Å². The van der Waals surface area contributed by atoms with Crippen molar-refractivity contribution in [2.45, 2.75) is 26.2 Å². The molecule has 3 N–H and O–H groups in total. The van der Waals surface area contributed by atoms with Gasteiger partial charge in [-0.3, -0.25) is 4.90 Å². The Labute approximate surface area is 108 Å². The van der Waals surface area contributed by atoms with E-state index in [4.69, 9.17) is 10.6 Å². The second-order valence-electron chi connectivity index (χ2n) is 4.40. The molecule has 0 atom stereocenters. The summed E-state index contributed by atoms with van der Waals surface area (Å²) in [5.41, 5.74) is 2.53. The van der Waals surface area contributed by atoms with Gasteiger partial charge in [0.15, 0.2) is 0 Å². The lowest BCUT2D eigenvalue weighted by Crippen LogP contribution is -2.25. The summed E-state index contributed by atoms with van der Waals surface area (Å²) < 4.78 is 5.66. The number of hydrogen-bond acceptors (Lipinski definition) is 6. The fraction of sp³-hybridized carbons (Fsp3) is 0.667. The monoisotopic (exact) mass is 251 g/mol. The lowest BCUT2D eigenvalue weighted by molar-refractivity contribution is 0.231. The van der Waals surface area contributed by atoms with Crippen LogP contribution in [0.25, 0.3) is 0 Å². The molecule has 100 valence electrons. The van der Waals surface area contributed by atoms with E-state index < -0.39 is 0 Å². The molecule has 0 spiro atoms. The molecule has 0 aromatic carbocycles. The lowest BCUT2D eigenvalue weighted by atomic mass is 10.4. The minimum absolute atomic E-state index is 0.592. The average molecular weight is 251 g/mol. The van der Waals surface area contributed by atoms with Gasteiger partial charge in [0.2, 0.25) is 5.88 Å². The Morgan fingerprint density at radius 1 is 1.39 bits per heavy atom. The third kappa shape index (κ3) is 3.54. The number of aromatic nitrogens is 2. The normalized spacial score (nSPS) is 15.9. The second-order valence-corrected chi connectivity index (χ2v) is 4.40. The summed E-state index contributed by atoms with van der Waals surface area (Å²) in [6.45, 7) is 5.98. The van der Waals surface area contributed by atoms with Crippen LogP contribution in [-0.4, -0.2) is 41.1 Å². The number of nitrogens with two attached hydrogens (primary N) is 1. The van der Waals surface area contributed by atoms with Crippen LogP contribution < -0.4 is 16.0 Å².